The summed E-state index contributed by atoms with van der Waals surface area (Å²) in [7, 11) is 0. The minimum Gasteiger partial charge on any atom is -0.447 e. The number of hydrogen-bond acceptors (Lipinski definition) is 7. The number of ether oxygens (including phenoxy) is 1. The molecule has 1 amide bonds. The first-order valence-electron chi connectivity index (χ1n) is 9.77. The highest BCUT2D eigenvalue weighted by Crippen LogP contribution is 2.20. The zero-order valence-electron chi connectivity index (χ0n) is 16.5. The Bertz CT molecular complexity index is 792. The van der Waals surface area contributed by atoms with Gasteiger partial charge < -0.3 is 24.5 Å². The van der Waals surface area contributed by atoms with Crippen molar-refractivity contribution < 1.29 is 23.4 Å². The van der Waals surface area contributed by atoms with Crippen molar-refractivity contribution in [2.45, 2.75) is 19.6 Å². The number of carbonyl (C=O) groups is 1. The number of halogens is 1. The lowest BCUT2D eigenvalue weighted by molar-refractivity contribution is 0.0417. The van der Waals surface area contributed by atoms with Crippen LogP contribution >= 0.6 is 0 Å². The molecule has 2 N–H and O–H groups in total. The topological polar surface area (TPSA) is 91.1 Å². The van der Waals surface area contributed by atoms with Gasteiger partial charge in [0.15, 0.2) is 5.69 Å². The summed E-state index contributed by atoms with van der Waals surface area (Å²) >= 11 is 0. The van der Waals surface area contributed by atoms with Gasteiger partial charge in [-0.25, -0.2) is 9.37 Å². The number of aliphatic hydroxyl groups excluding tert-OH is 1. The van der Waals surface area contributed by atoms with E-state index in [1.165, 1.54) is 12.3 Å². The van der Waals surface area contributed by atoms with Crippen LogP contribution in [0.3, 0.4) is 0 Å². The molecule has 8 nitrogen and oxygen atoms in total. The fraction of sp³-hybridized carbons (Fsp3) is 0.500. The molecule has 158 valence electrons. The SMILES string of the molecule is CCOC[C@@H](O)CNC(=O)c1coc(CN2CCN(c3ccccc3F)CC2)n1. The van der Waals surface area contributed by atoms with E-state index in [-0.39, 0.29) is 24.7 Å². The number of nitrogens with one attached hydrogen (secondary N) is 1. The van der Waals surface area contributed by atoms with Crippen LogP contribution in [-0.4, -0.2) is 72.9 Å². The summed E-state index contributed by atoms with van der Waals surface area (Å²) in [5.41, 5.74) is 0.794. The van der Waals surface area contributed by atoms with Crippen molar-refractivity contribution in [2.75, 3.05) is 50.8 Å². The van der Waals surface area contributed by atoms with Gasteiger partial charge in [0.1, 0.15) is 12.1 Å². The van der Waals surface area contributed by atoms with E-state index < -0.39 is 12.0 Å². The first-order valence-corrected chi connectivity index (χ1v) is 9.77. The maximum absolute atomic E-state index is 13.9. The average Bonchev–Trinajstić information content (AvgIpc) is 3.20. The zero-order valence-corrected chi connectivity index (χ0v) is 16.5. The van der Waals surface area contributed by atoms with E-state index in [2.05, 4.69) is 15.2 Å². The first-order chi connectivity index (χ1) is 14.1. The van der Waals surface area contributed by atoms with Crippen LogP contribution in [0.1, 0.15) is 23.3 Å². The third kappa shape index (κ3) is 5.99. The summed E-state index contributed by atoms with van der Waals surface area (Å²) < 4.78 is 24.4. The van der Waals surface area contributed by atoms with Crippen LogP contribution in [0.5, 0.6) is 0 Å². The van der Waals surface area contributed by atoms with Crippen LogP contribution in [-0.2, 0) is 11.3 Å². The number of aromatic nitrogens is 1. The molecule has 1 aliphatic rings. The summed E-state index contributed by atoms with van der Waals surface area (Å²) in [5, 5.41) is 12.3. The highest BCUT2D eigenvalue weighted by molar-refractivity contribution is 5.91. The molecule has 0 aliphatic carbocycles. The Balaban J connectivity index is 1.45. The van der Waals surface area contributed by atoms with Gasteiger partial charge in [-0.2, -0.15) is 0 Å². The van der Waals surface area contributed by atoms with E-state index in [4.69, 9.17) is 9.15 Å². The highest BCUT2D eigenvalue weighted by Gasteiger charge is 2.21. The van der Waals surface area contributed by atoms with Gasteiger partial charge in [0.05, 0.1) is 24.9 Å². The molecule has 1 atom stereocenters. The number of rotatable bonds is 9. The van der Waals surface area contributed by atoms with Gasteiger partial charge in [-0.15, -0.1) is 0 Å². The fourth-order valence-corrected chi connectivity index (χ4v) is 3.15. The fourth-order valence-electron chi connectivity index (χ4n) is 3.15. The molecular formula is C20H27FN4O4. The van der Waals surface area contributed by atoms with Crippen LogP contribution in [0.2, 0.25) is 0 Å². The van der Waals surface area contributed by atoms with Crippen molar-refractivity contribution in [1.82, 2.24) is 15.2 Å². The second-order valence-corrected chi connectivity index (χ2v) is 6.86. The smallest absolute Gasteiger partial charge is 0.273 e. The van der Waals surface area contributed by atoms with Crippen molar-refractivity contribution in [3.63, 3.8) is 0 Å². The van der Waals surface area contributed by atoms with E-state index in [0.717, 1.165) is 13.1 Å². The summed E-state index contributed by atoms with van der Waals surface area (Å²) in [6.07, 6.45) is 0.547. The molecule has 0 radical (unpaired) electrons. The molecule has 0 unspecified atom stereocenters. The van der Waals surface area contributed by atoms with E-state index in [1.54, 1.807) is 12.1 Å². The van der Waals surface area contributed by atoms with Crippen LogP contribution in [0, 0.1) is 5.82 Å². The average molecular weight is 406 g/mol. The maximum Gasteiger partial charge on any atom is 0.273 e. The third-order valence-corrected chi connectivity index (χ3v) is 4.72. The van der Waals surface area contributed by atoms with Gasteiger partial charge >= 0.3 is 0 Å². The predicted octanol–water partition coefficient (Wildman–Crippen LogP) is 1.26. The van der Waals surface area contributed by atoms with Crippen molar-refractivity contribution in [3.05, 3.63) is 47.9 Å². The summed E-state index contributed by atoms with van der Waals surface area (Å²) in [4.78, 5) is 20.5. The van der Waals surface area contributed by atoms with Gasteiger partial charge in [-0.05, 0) is 19.1 Å². The number of benzene rings is 1. The van der Waals surface area contributed by atoms with E-state index >= 15 is 0 Å². The molecule has 2 aromatic rings. The largest absolute Gasteiger partial charge is 0.447 e. The molecule has 1 aromatic heterocycles. The van der Waals surface area contributed by atoms with Gasteiger partial charge in [0.2, 0.25) is 5.89 Å². The first kappa shape index (κ1) is 21.2. The Morgan fingerprint density at radius 1 is 1.34 bits per heavy atom. The van der Waals surface area contributed by atoms with Crippen LogP contribution < -0.4 is 10.2 Å². The molecule has 0 bridgehead atoms. The highest BCUT2D eigenvalue weighted by atomic mass is 19.1. The van der Waals surface area contributed by atoms with Crippen molar-refractivity contribution in [1.29, 1.82) is 0 Å². The van der Waals surface area contributed by atoms with Crippen LogP contribution in [0.25, 0.3) is 0 Å². The van der Waals surface area contributed by atoms with Gasteiger partial charge in [0, 0.05) is 39.3 Å². The molecule has 0 spiro atoms. The maximum atomic E-state index is 13.9. The predicted molar refractivity (Wildman–Crippen MR) is 105 cm³/mol. The Morgan fingerprint density at radius 3 is 2.83 bits per heavy atom. The molecule has 1 aliphatic heterocycles. The lowest BCUT2D eigenvalue weighted by Crippen LogP contribution is -2.46. The van der Waals surface area contributed by atoms with Crippen LogP contribution in [0.15, 0.2) is 34.9 Å². The number of amides is 1. The van der Waals surface area contributed by atoms with Crippen LogP contribution in [0.4, 0.5) is 10.1 Å². The molecule has 0 saturated carbocycles. The number of hydrogen-bond donors (Lipinski definition) is 2. The molecule has 2 heterocycles. The minimum atomic E-state index is -0.768. The number of para-hydroxylation sites is 1. The number of carbonyl (C=O) groups excluding carboxylic acids is 1. The molecular weight excluding hydrogens is 379 g/mol. The number of aliphatic hydroxyl groups is 1. The minimum absolute atomic E-state index is 0.0824. The molecule has 1 aromatic carbocycles. The lowest BCUT2D eigenvalue weighted by Gasteiger charge is -2.35. The second kappa shape index (κ2) is 10.3. The lowest BCUT2D eigenvalue weighted by atomic mass is 10.2. The van der Waals surface area contributed by atoms with E-state index in [9.17, 15) is 14.3 Å². The van der Waals surface area contributed by atoms with E-state index in [0.29, 0.717) is 37.8 Å². The molecule has 1 saturated heterocycles. The van der Waals surface area contributed by atoms with E-state index in [1.807, 2.05) is 17.9 Å². The normalized spacial score (nSPS) is 16.0. The molecule has 3 rings (SSSR count). The molecule has 29 heavy (non-hydrogen) atoms. The summed E-state index contributed by atoms with van der Waals surface area (Å²) in [5.74, 6) is -0.167. The summed E-state index contributed by atoms with van der Waals surface area (Å²) in [6.45, 7) is 5.95. The summed E-state index contributed by atoms with van der Waals surface area (Å²) in [6, 6.07) is 6.78. The van der Waals surface area contributed by atoms with Gasteiger partial charge in [-0.1, -0.05) is 12.1 Å². The quantitative estimate of drug-likeness (QED) is 0.648. The Labute approximate surface area is 169 Å². The van der Waals surface area contributed by atoms with Crippen molar-refractivity contribution in [2.24, 2.45) is 0 Å². The third-order valence-electron chi connectivity index (χ3n) is 4.72. The number of piperazine rings is 1. The second-order valence-electron chi connectivity index (χ2n) is 6.86. The van der Waals surface area contributed by atoms with Crippen molar-refractivity contribution in [3.8, 4) is 0 Å². The van der Waals surface area contributed by atoms with Gasteiger partial charge in [-0.3, -0.25) is 9.69 Å². The standard InChI is InChI=1S/C20H27FN4O4/c1-2-28-13-15(26)11-22-20(27)17-14-29-19(23-17)12-24-7-9-25(10-8-24)18-6-4-3-5-16(18)21/h3-6,14-15,26H,2,7-13H2,1H3,(H,22,27)/t15-/m0/s1. The van der Waals surface area contributed by atoms with Crippen molar-refractivity contribution >= 4 is 11.6 Å². The zero-order chi connectivity index (χ0) is 20.6. The number of nitrogens with zero attached hydrogens (tertiary/aromatic N) is 3. The number of oxazole rings is 1. The van der Waals surface area contributed by atoms with Gasteiger partial charge in [0.25, 0.3) is 5.91 Å². The molecule has 9 heteroatoms. The Kier molecular flexibility index (Phi) is 7.56. The Hall–Kier alpha value is -2.49. The Morgan fingerprint density at radius 2 is 2.10 bits per heavy atom. The molecule has 1 fully saturated rings. The monoisotopic (exact) mass is 406 g/mol. The number of anilines is 1.